The summed E-state index contributed by atoms with van der Waals surface area (Å²) in [6.45, 7) is 11.2. The zero-order valence-electron chi connectivity index (χ0n) is 13.4. The standard InChI is InChI=1S/C16H26O3Si/c1-7-11-16(2,3)20(5,6)19-14-10-8-9-13(12-17)15(14)18-4/h8-10,12H,7,11H2,1-6H3. The second kappa shape index (κ2) is 6.44. The Morgan fingerprint density at radius 1 is 1.30 bits per heavy atom. The molecule has 112 valence electrons. The molecule has 0 aliphatic heterocycles. The SMILES string of the molecule is CCCC(C)(C)[Si](C)(C)Oc1cccc(C=O)c1OC. The lowest BCUT2D eigenvalue weighted by molar-refractivity contribution is 0.112. The van der Waals surface area contributed by atoms with Crippen LogP contribution >= 0.6 is 0 Å². The number of para-hydroxylation sites is 1. The third kappa shape index (κ3) is 3.42. The zero-order valence-corrected chi connectivity index (χ0v) is 14.4. The van der Waals surface area contributed by atoms with Gasteiger partial charge < -0.3 is 9.16 Å². The van der Waals surface area contributed by atoms with E-state index in [-0.39, 0.29) is 5.04 Å². The van der Waals surface area contributed by atoms with Crippen molar-refractivity contribution in [3.05, 3.63) is 23.8 Å². The van der Waals surface area contributed by atoms with Crippen molar-refractivity contribution in [1.82, 2.24) is 0 Å². The van der Waals surface area contributed by atoms with Crippen LogP contribution in [-0.2, 0) is 0 Å². The fourth-order valence-corrected chi connectivity index (χ4v) is 4.10. The highest BCUT2D eigenvalue weighted by Crippen LogP contribution is 2.44. The Kier molecular flexibility index (Phi) is 5.40. The Balaban J connectivity index is 3.12. The minimum Gasteiger partial charge on any atom is -0.541 e. The van der Waals surface area contributed by atoms with Gasteiger partial charge in [0.1, 0.15) is 5.75 Å². The Labute approximate surface area is 123 Å². The Hall–Kier alpha value is -1.29. The van der Waals surface area contributed by atoms with Crippen LogP contribution in [0.25, 0.3) is 0 Å². The fraction of sp³-hybridized carbons (Fsp3) is 0.562. The first-order chi connectivity index (χ1) is 9.29. The summed E-state index contributed by atoms with van der Waals surface area (Å²) >= 11 is 0. The lowest BCUT2D eigenvalue weighted by Crippen LogP contribution is -2.45. The van der Waals surface area contributed by atoms with Gasteiger partial charge in [-0.2, -0.15) is 0 Å². The average molecular weight is 294 g/mol. The number of rotatable bonds is 7. The minimum absolute atomic E-state index is 0.157. The molecule has 0 aromatic heterocycles. The van der Waals surface area contributed by atoms with Gasteiger partial charge in [-0.25, -0.2) is 0 Å². The van der Waals surface area contributed by atoms with Gasteiger partial charge in [-0.3, -0.25) is 4.79 Å². The number of hydrogen-bond donors (Lipinski definition) is 0. The molecule has 3 nitrogen and oxygen atoms in total. The van der Waals surface area contributed by atoms with Crippen LogP contribution in [0, 0.1) is 0 Å². The molecule has 20 heavy (non-hydrogen) atoms. The first kappa shape index (κ1) is 16.8. The molecule has 0 fully saturated rings. The predicted octanol–water partition coefficient (Wildman–Crippen LogP) is 4.67. The van der Waals surface area contributed by atoms with Gasteiger partial charge >= 0.3 is 0 Å². The molecule has 1 aromatic rings. The van der Waals surface area contributed by atoms with Crippen molar-refractivity contribution in [3.63, 3.8) is 0 Å². The molecule has 1 rings (SSSR count). The molecule has 4 heteroatoms. The summed E-state index contributed by atoms with van der Waals surface area (Å²) in [4.78, 5) is 11.1. The molecule has 0 N–H and O–H groups in total. The van der Waals surface area contributed by atoms with E-state index in [1.54, 1.807) is 13.2 Å². The number of carbonyl (C=O) groups excluding carboxylic acids is 1. The van der Waals surface area contributed by atoms with Crippen LogP contribution in [0.5, 0.6) is 11.5 Å². The normalized spacial score (nSPS) is 12.1. The zero-order chi connectivity index (χ0) is 15.4. The van der Waals surface area contributed by atoms with E-state index in [1.807, 2.05) is 12.1 Å². The molecule has 0 spiro atoms. The molecular weight excluding hydrogens is 268 g/mol. The van der Waals surface area contributed by atoms with Gasteiger partial charge in [0.2, 0.25) is 0 Å². The van der Waals surface area contributed by atoms with Gasteiger partial charge in [0, 0.05) is 0 Å². The largest absolute Gasteiger partial charge is 0.541 e. The van der Waals surface area contributed by atoms with Crippen LogP contribution in [0.3, 0.4) is 0 Å². The van der Waals surface area contributed by atoms with Gasteiger partial charge in [-0.15, -0.1) is 0 Å². The molecule has 0 amide bonds. The number of ether oxygens (including phenoxy) is 1. The lowest BCUT2D eigenvalue weighted by Gasteiger charge is -2.39. The van der Waals surface area contributed by atoms with Gasteiger partial charge in [0.25, 0.3) is 8.32 Å². The number of hydrogen-bond acceptors (Lipinski definition) is 3. The molecule has 0 radical (unpaired) electrons. The third-order valence-corrected chi connectivity index (χ3v) is 8.45. The molecule has 0 aliphatic carbocycles. The van der Waals surface area contributed by atoms with Crippen LogP contribution in [0.4, 0.5) is 0 Å². The van der Waals surface area contributed by atoms with Crippen molar-refractivity contribution in [2.45, 2.75) is 51.7 Å². The lowest BCUT2D eigenvalue weighted by atomic mass is 10.1. The summed E-state index contributed by atoms with van der Waals surface area (Å²) in [5.41, 5.74) is 0.531. The van der Waals surface area contributed by atoms with Crippen molar-refractivity contribution < 1.29 is 14.0 Å². The van der Waals surface area contributed by atoms with Crippen LogP contribution in [-0.4, -0.2) is 21.7 Å². The molecule has 0 saturated carbocycles. The van der Waals surface area contributed by atoms with E-state index in [2.05, 4.69) is 33.9 Å². The monoisotopic (exact) mass is 294 g/mol. The third-order valence-electron chi connectivity index (χ3n) is 4.21. The van der Waals surface area contributed by atoms with E-state index in [4.69, 9.17) is 9.16 Å². The fourth-order valence-electron chi connectivity index (χ4n) is 2.26. The van der Waals surface area contributed by atoms with Crippen molar-refractivity contribution in [2.24, 2.45) is 0 Å². The molecule has 0 aliphatic rings. The van der Waals surface area contributed by atoms with Crippen LogP contribution in [0.15, 0.2) is 18.2 Å². The smallest absolute Gasteiger partial charge is 0.250 e. The maximum Gasteiger partial charge on any atom is 0.250 e. The quantitative estimate of drug-likeness (QED) is 0.541. The molecule has 0 bridgehead atoms. The molecule has 0 atom stereocenters. The Morgan fingerprint density at radius 3 is 2.45 bits per heavy atom. The van der Waals surface area contributed by atoms with Crippen LogP contribution < -0.4 is 9.16 Å². The summed E-state index contributed by atoms with van der Waals surface area (Å²) < 4.78 is 11.7. The van der Waals surface area contributed by atoms with Gasteiger partial charge in [0.05, 0.1) is 12.7 Å². The van der Waals surface area contributed by atoms with E-state index >= 15 is 0 Å². The summed E-state index contributed by atoms with van der Waals surface area (Å²) in [5.74, 6) is 1.22. The minimum atomic E-state index is -1.97. The summed E-state index contributed by atoms with van der Waals surface area (Å²) in [7, 11) is -0.402. The number of aldehydes is 1. The maximum absolute atomic E-state index is 11.1. The van der Waals surface area contributed by atoms with Gasteiger partial charge in [-0.05, 0) is 36.7 Å². The topological polar surface area (TPSA) is 35.5 Å². The summed E-state index contributed by atoms with van der Waals surface area (Å²) in [6.07, 6.45) is 3.07. The van der Waals surface area contributed by atoms with E-state index in [0.29, 0.717) is 17.1 Å². The first-order valence-electron chi connectivity index (χ1n) is 7.10. The summed E-state index contributed by atoms with van der Waals surface area (Å²) in [5, 5.41) is 0.157. The van der Waals surface area contributed by atoms with Crippen LogP contribution in [0.1, 0.15) is 44.0 Å². The molecule has 0 heterocycles. The first-order valence-corrected chi connectivity index (χ1v) is 10.0. The molecule has 1 aromatic carbocycles. The Bertz CT molecular complexity index is 467. The number of benzene rings is 1. The predicted molar refractivity (Wildman–Crippen MR) is 85.4 cm³/mol. The molecular formula is C16H26O3Si. The van der Waals surface area contributed by atoms with E-state index < -0.39 is 8.32 Å². The van der Waals surface area contributed by atoms with E-state index in [0.717, 1.165) is 19.1 Å². The van der Waals surface area contributed by atoms with Gasteiger partial charge in [0.15, 0.2) is 12.0 Å². The Morgan fingerprint density at radius 2 is 1.95 bits per heavy atom. The highest BCUT2D eigenvalue weighted by molar-refractivity contribution is 6.74. The van der Waals surface area contributed by atoms with Crippen molar-refractivity contribution in [3.8, 4) is 11.5 Å². The van der Waals surface area contributed by atoms with Crippen molar-refractivity contribution in [2.75, 3.05) is 7.11 Å². The van der Waals surface area contributed by atoms with Crippen molar-refractivity contribution in [1.29, 1.82) is 0 Å². The number of methoxy groups -OCH3 is 1. The van der Waals surface area contributed by atoms with E-state index in [9.17, 15) is 4.79 Å². The number of carbonyl (C=O) groups is 1. The molecule has 0 saturated heterocycles. The second-order valence-electron chi connectivity index (χ2n) is 6.24. The van der Waals surface area contributed by atoms with E-state index in [1.165, 1.54) is 0 Å². The highest BCUT2D eigenvalue weighted by Gasteiger charge is 2.42. The van der Waals surface area contributed by atoms with Gasteiger partial charge in [-0.1, -0.05) is 33.3 Å². The van der Waals surface area contributed by atoms with Crippen LogP contribution in [0.2, 0.25) is 18.1 Å². The average Bonchev–Trinajstić information content (AvgIpc) is 2.37. The van der Waals surface area contributed by atoms with Crippen molar-refractivity contribution >= 4 is 14.6 Å². The second-order valence-corrected chi connectivity index (χ2v) is 10.8. The highest BCUT2D eigenvalue weighted by atomic mass is 28.4. The summed E-state index contributed by atoms with van der Waals surface area (Å²) in [6, 6.07) is 5.45. The molecule has 0 unspecified atom stereocenters. The maximum atomic E-state index is 11.1.